The van der Waals surface area contributed by atoms with E-state index in [0.717, 1.165) is 38.6 Å². The van der Waals surface area contributed by atoms with Gasteiger partial charge in [0.2, 0.25) is 5.91 Å². The Morgan fingerprint density at radius 1 is 1.36 bits per heavy atom. The lowest BCUT2D eigenvalue weighted by Gasteiger charge is -2.34. The fraction of sp³-hybridized carbons (Fsp3) is 0.818. The molecule has 0 aromatic carbocycles. The molecule has 0 N–H and O–H groups in total. The molecule has 0 aromatic rings. The van der Waals surface area contributed by atoms with E-state index in [2.05, 4.69) is 0 Å². The Labute approximate surface area is 84.5 Å². The quantitative estimate of drug-likeness (QED) is 0.587. The molecule has 3 heteroatoms. The number of carbonyl (C=O) groups excluding carboxylic acids is 2. The Morgan fingerprint density at radius 3 is 2.71 bits per heavy atom. The van der Waals surface area contributed by atoms with Gasteiger partial charge in [0.1, 0.15) is 6.29 Å². The third-order valence-corrected chi connectivity index (χ3v) is 3.74. The highest BCUT2D eigenvalue weighted by atomic mass is 16.2. The first kappa shape index (κ1) is 9.69. The molecule has 3 nitrogen and oxygen atoms in total. The van der Waals surface area contributed by atoms with Crippen LogP contribution in [0, 0.1) is 17.8 Å². The molecule has 1 heterocycles. The molecule has 1 saturated heterocycles. The predicted molar refractivity (Wildman–Crippen MR) is 52.6 cm³/mol. The van der Waals surface area contributed by atoms with Crippen LogP contribution < -0.4 is 0 Å². The molecule has 2 aliphatic rings. The molecule has 14 heavy (non-hydrogen) atoms. The number of nitrogens with zero attached hydrogens (tertiary/aromatic N) is 1. The van der Waals surface area contributed by atoms with Gasteiger partial charge >= 0.3 is 0 Å². The summed E-state index contributed by atoms with van der Waals surface area (Å²) in [7, 11) is 0. The Morgan fingerprint density at radius 2 is 2.07 bits per heavy atom. The van der Waals surface area contributed by atoms with E-state index in [1.54, 1.807) is 6.92 Å². The molecular formula is C11H17NO2. The van der Waals surface area contributed by atoms with Crippen molar-refractivity contribution in [1.29, 1.82) is 0 Å². The summed E-state index contributed by atoms with van der Waals surface area (Å²) in [5, 5.41) is 0. The molecule has 1 saturated carbocycles. The summed E-state index contributed by atoms with van der Waals surface area (Å²) in [5.74, 6) is 1.72. The molecule has 0 radical (unpaired) electrons. The van der Waals surface area contributed by atoms with Crippen LogP contribution in [-0.4, -0.2) is 30.2 Å². The summed E-state index contributed by atoms with van der Waals surface area (Å²) >= 11 is 0. The van der Waals surface area contributed by atoms with E-state index in [1.807, 2.05) is 4.90 Å². The van der Waals surface area contributed by atoms with Crippen LogP contribution in [-0.2, 0) is 9.59 Å². The van der Waals surface area contributed by atoms with E-state index in [4.69, 9.17) is 0 Å². The van der Waals surface area contributed by atoms with Gasteiger partial charge in [0.05, 0.1) is 0 Å². The monoisotopic (exact) mass is 195 g/mol. The van der Waals surface area contributed by atoms with Gasteiger partial charge in [-0.3, -0.25) is 4.79 Å². The number of hydrogen-bond acceptors (Lipinski definition) is 2. The summed E-state index contributed by atoms with van der Waals surface area (Å²) in [6, 6.07) is 0. The second-order valence-electron chi connectivity index (χ2n) is 4.64. The second kappa shape index (κ2) is 3.71. The number of aldehydes is 1. The molecule has 3 atom stereocenters. The van der Waals surface area contributed by atoms with Gasteiger partial charge in [-0.25, -0.2) is 0 Å². The zero-order valence-corrected chi connectivity index (χ0v) is 8.61. The van der Waals surface area contributed by atoms with E-state index in [1.165, 1.54) is 0 Å². The van der Waals surface area contributed by atoms with Crippen molar-refractivity contribution in [3.8, 4) is 0 Å². The third-order valence-electron chi connectivity index (χ3n) is 3.74. The Kier molecular flexibility index (Phi) is 2.57. The number of likely N-dealkylation sites (tertiary alicyclic amines) is 1. The number of hydrogen-bond donors (Lipinski definition) is 0. The van der Waals surface area contributed by atoms with Gasteiger partial charge < -0.3 is 9.69 Å². The number of fused-ring (bicyclic) bond motifs is 1. The SMILES string of the molecule is CC(=O)N1CC[C@@H]2C[C@@H](C=O)C[C@@H]2C1. The van der Waals surface area contributed by atoms with Crippen LogP contribution >= 0.6 is 0 Å². The van der Waals surface area contributed by atoms with Gasteiger partial charge in [0.15, 0.2) is 0 Å². The average Bonchev–Trinajstić information content (AvgIpc) is 2.58. The lowest BCUT2D eigenvalue weighted by atomic mass is 9.89. The van der Waals surface area contributed by atoms with Crippen molar-refractivity contribution in [2.24, 2.45) is 17.8 Å². The van der Waals surface area contributed by atoms with E-state index < -0.39 is 0 Å². The third kappa shape index (κ3) is 1.68. The van der Waals surface area contributed by atoms with Crippen molar-refractivity contribution in [3.63, 3.8) is 0 Å². The predicted octanol–water partition coefficient (Wildman–Crippen LogP) is 1.08. The number of carbonyl (C=O) groups is 2. The molecule has 2 rings (SSSR count). The number of amides is 1. The van der Waals surface area contributed by atoms with E-state index in [9.17, 15) is 9.59 Å². The zero-order chi connectivity index (χ0) is 10.1. The smallest absolute Gasteiger partial charge is 0.219 e. The average molecular weight is 195 g/mol. The minimum absolute atomic E-state index is 0.179. The van der Waals surface area contributed by atoms with E-state index in [-0.39, 0.29) is 11.8 Å². The maximum absolute atomic E-state index is 11.2. The molecule has 2 fully saturated rings. The lowest BCUT2D eigenvalue weighted by molar-refractivity contribution is -0.131. The molecule has 1 amide bonds. The molecular weight excluding hydrogens is 178 g/mol. The molecule has 0 aromatic heterocycles. The van der Waals surface area contributed by atoms with Crippen LogP contribution in [0.4, 0.5) is 0 Å². The fourth-order valence-electron chi connectivity index (χ4n) is 2.93. The van der Waals surface area contributed by atoms with Gasteiger partial charge in [-0.1, -0.05) is 0 Å². The van der Waals surface area contributed by atoms with Crippen LogP contribution in [0.5, 0.6) is 0 Å². The second-order valence-corrected chi connectivity index (χ2v) is 4.64. The molecule has 0 unspecified atom stereocenters. The standard InChI is InChI=1S/C11H17NO2/c1-8(14)12-3-2-10-4-9(7-13)5-11(10)6-12/h7,9-11H,2-6H2,1H3/t9-,10-,11-/m1/s1. The summed E-state index contributed by atoms with van der Waals surface area (Å²) in [4.78, 5) is 23.8. The highest BCUT2D eigenvalue weighted by Crippen LogP contribution is 2.40. The van der Waals surface area contributed by atoms with Crippen LogP contribution in [0.25, 0.3) is 0 Å². The van der Waals surface area contributed by atoms with Crippen LogP contribution in [0.1, 0.15) is 26.2 Å². The van der Waals surface area contributed by atoms with Crippen molar-refractivity contribution in [2.75, 3.05) is 13.1 Å². The minimum Gasteiger partial charge on any atom is -0.343 e. The van der Waals surface area contributed by atoms with Gasteiger partial charge in [-0.15, -0.1) is 0 Å². The first-order chi connectivity index (χ1) is 6.70. The minimum atomic E-state index is 0.179. The number of rotatable bonds is 1. The van der Waals surface area contributed by atoms with Gasteiger partial charge in [0.25, 0.3) is 0 Å². The van der Waals surface area contributed by atoms with E-state index in [0.29, 0.717) is 11.8 Å². The van der Waals surface area contributed by atoms with Crippen molar-refractivity contribution in [3.05, 3.63) is 0 Å². The topological polar surface area (TPSA) is 37.4 Å². The Hall–Kier alpha value is -0.860. The maximum atomic E-state index is 11.2. The molecule has 1 aliphatic carbocycles. The molecule has 0 bridgehead atoms. The first-order valence-electron chi connectivity index (χ1n) is 5.41. The molecule has 78 valence electrons. The first-order valence-corrected chi connectivity index (χ1v) is 5.41. The molecule has 1 aliphatic heterocycles. The highest BCUT2D eigenvalue weighted by Gasteiger charge is 2.38. The van der Waals surface area contributed by atoms with Crippen molar-refractivity contribution >= 4 is 12.2 Å². The van der Waals surface area contributed by atoms with Gasteiger partial charge in [0, 0.05) is 25.9 Å². The van der Waals surface area contributed by atoms with Gasteiger partial charge in [-0.05, 0) is 31.1 Å². The van der Waals surface area contributed by atoms with Crippen molar-refractivity contribution in [1.82, 2.24) is 4.90 Å². The Balaban J connectivity index is 1.97. The van der Waals surface area contributed by atoms with Crippen LogP contribution in [0.15, 0.2) is 0 Å². The number of piperidine rings is 1. The summed E-state index contributed by atoms with van der Waals surface area (Å²) in [6.07, 6.45) is 4.24. The van der Waals surface area contributed by atoms with Gasteiger partial charge in [-0.2, -0.15) is 0 Å². The summed E-state index contributed by atoms with van der Waals surface area (Å²) in [5.41, 5.74) is 0. The fourth-order valence-corrected chi connectivity index (χ4v) is 2.93. The highest BCUT2D eigenvalue weighted by molar-refractivity contribution is 5.73. The van der Waals surface area contributed by atoms with Crippen molar-refractivity contribution in [2.45, 2.75) is 26.2 Å². The summed E-state index contributed by atoms with van der Waals surface area (Å²) < 4.78 is 0. The van der Waals surface area contributed by atoms with Crippen molar-refractivity contribution < 1.29 is 9.59 Å². The Bertz CT molecular complexity index is 252. The maximum Gasteiger partial charge on any atom is 0.219 e. The molecule has 0 spiro atoms. The van der Waals surface area contributed by atoms with Crippen LogP contribution in [0.3, 0.4) is 0 Å². The lowest BCUT2D eigenvalue weighted by Crippen LogP contribution is -2.40. The van der Waals surface area contributed by atoms with Crippen LogP contribution in [0.2, 0.25) is 0 Å². The zero-order valence-electron chi connectivity index (χ0n) is 8.61. The summed E-state index contributed by atoms with van der Waals surface area (Å²) in [6.45, 7) is 3.40. The van der Waals surface area contributed by atoms with E-state index >= 15 is 0 Å². The normalized spacial score (nSPS) is 36.6. The largest absolute Gasteiger partial charge is 0.343 e.